The van der Waals surface area contributed by atoms with Crippen molar-refractivity contribution >= 4 is 0 Å². The highest BCUT2D eigenvalue weighted by atomic mass is 19.1. The summed E-state index contributed by atoms with van der Waals surface area (Å²) in [6, 6.07) is 5.99. The molecule has 0 unspecified atom stereocenters. The number of halogens is 1. The Morgan fingerprint density at radius 2 is 2.00 bits per heavy atom. The molecule has 0 spiro atoms. The van der Waals surface area contributed by atoms with Crippen LogP contribution in [0, 0.1) is 5.82 Å². The Morgan fingerprint density at radius 3 is 2.76 bits per heavy atom. The Kier molecular flexibility index (Phi) is 3.74. The summed E-state index contributed by atoms with van der Waals surface area (Å²) in [6.45, 7) is 1.000. The standard InChI is InChI=1S/C14H14FN5O/c15-11-3-1-10(2-4-11)14-17-13(9-21-14)8-20-7-12(5-6-16)18-19-20/h1-4,7,9H,5-6,8,16H2. The third-order valence-corrected chi connectivity index (χ3v) is 2.95. The average Bonchev–Trinajstić information content (AvgIpc) is 3.11. The Balaban J connectivity index is 1.73. The highest BCUT2D eigenvalue weighted by molar-refractivity contribution is 5.52. The van der Waals surface area contributed by atoms with E-state index in [1.807, 2.05) is 6.20 Å². The second-order valence-electron chi connectivity index (χ2n) is 4.60. The van der Waals surface area contributed by atoms with Crippen molar-refractivity contribution < 1.29 is 8.81 Å². The summed E-state index contributed by atoms with van der Waals surface area (Å²) in [6.07, 6.45) is 4.09. The molecule has 108 valence electrons. The van der Waals surface area contributed by atoms with Crippen molar-refractivity contribution in [3.05, 3.63) is 53.9 Å². The maximum atomic E-state index is 12.9. The lowest BCUT2D eigenvalue weighted by Gasteiger charge is -1.95. The molecule has 21 heavy (non-hydrogen) atoms. The van der Waals surface area contributed by atoms with E-state index >= 15 is 0 Å². The third-order valence-electron chi connectivity index (χ3n) is 2.95. The Morgan fingerprint density at radius 1 is 1.19 bits per heavy atom. The summed E-state index contributed by atoms with van der Waals surface area (Å²) < 4.78 is 20.0. The van der Waals surface area contributed by atoms with Gasteiger partial charge in [0.25, 0.3) is 0 Å². The maximum Gasteiger partial charge on any atom is 0.226 e. The van der Waals surface area contributed by atoms with E-state index in [1.165, 1.54) is 12.1 Å². The minimum absolute atomic E-state index is 0.291. The van der Waals surface area contributed by atoms with Gasteiger partial charge in [-0.25, -0.2) is 14.1 Å². The molecule has 0 bridgehead atoms. The van der Waals surface area contributed by atoms with Gasteiger partial charge >= 0.3 is 0 Å². The van der Waals surface area contributed by atoms with E-state index in [2.05, 4.69) is 15.3 Å². The van der Waals surface area contributed by atoms with Crippen molar-refractivity contribution in [2.75, 3.05) is 6.54 Å². The average molecular weight is 287 g/mol. The van der Waals surface area contributed by atoms with Crippen LogP contribution in [-0.2, 0) is 13.0 Å². The fraction of sp³-hybridized carbons (Fsp3) is 0.214. The molecule has 0 aliphatic carbocycles. The van der Waals surface area contributed by atoms with Gasteiger partial charge in [-0.1, -0.05) is 5.21 Å². The molecule has 3 rings (SSSR count). The van der Waals surface area contributed by atoms with Gasteiger partial charge in [0.2, 0.25) is 5.89 Å². The second-order valence-corrected chi connectivity index (χ2v) is 4.60. The molecule has 0 saturated carbocycles. The first-order chi connectivity index (χ1) is 10.2. The fourth-order valence-electron chi connectivity index (χ4n) is 1.95. The van der Waals surface area contributed by atoms with Gasteiger partial charge in [-0.15, -0.1) is 5.10 Å². The van der Waals surface area contributed by atoms with E-state index in [0.29, 0.717) is 25.4 Å². The molecule has 0 fully saturated rings. The summed E-state index contributed by atoms with van der Waals surface area (Å²) in [5, 5.41) is 8.01. The van der Waals surface area contributed by atoms with Crippen molar-refractivity contribution in [3.8, 4) is 11.5 Å². The molecule has 6 nitrogen and oxygen atoms in total. The molecule has 7 heteroatoms. The van der Waals surface area contributed by atoms with Crippen LogP contribution in [0.1, 0.15) is 11.4 Å². The summed E-state index contributed by atoms with van der Waals surface area (Å²) >= 11 is 0. The zero-order chi connectivity index (χ0) is 14.7. The number of nitrogens with two attached hydrogens (primary N) is 1. The van der Waals surface area contributed by atoms with Gasteiger partial charge < -0.3 is 10.2 Å². The minimum atomic E-state index is -0.291. The predicted molar refractivity (Wildman–Crippen MR) is 73.8 cm³/mol. The molecule has 2 N–H and O–H groups in total. The first kappa shape index (κ1) is 13.4. The molecule has 2 heterocycles. The summed E-state index contributed by atoms with van der Waals surface area (Å²) in [5.41, 5.74) is 7.76. The smallest absolute Gasteiger partial charge is 0.226 e. The number of nitrogens with zero attached hydrogens (tertiary/aromatic N) is 4. The summed E-state index contributed by atoms with van der Waals surface area (Å²) in [5.74, 6) is 0.160. The van der Waals surface area contributed by atoms with Crippen LogP contribution in [0.5, 0.6) is 0 Å². The number of oxazole rings is 1. The lowest BCUT2D eigenvalue weighted by Crippen LogP contribution is -2.03. The highest BCUT2D eigenvalue weighted by Gasteiger charge is 2.08. The number of aromatic nitrogens is 4. The molecular formula is C14H14FN5O. The molecule has 0 atom stereocenters. The van der Waals surface area contributed by atoms with Crippen LogP contribution in [0.2, 0.25) is 0 Å². The van der Waals surface area contributed by atoms with Crippen molar-refractivity contribution in [1.82, 2.24) is 20.0 Å². The van der Waals surface area contributed by atoms with Gasteiger partial charge in [-0.3, -0.25) is 0 Å². The van der Waals surface area contributed by atoms with E-state index in [0.717, 1.165) is 17.0 Å². The van der Waals surface area contributed by atoms with Crippen LogP contribution < -0.4 is 5.73 Å². The van der Waals surface area contributed by atoms with E-state index in [1.54, 1.807) is 23.1 Å². The second kappa shape index (κ2) is 5.84. The molecule has 1 aromatic carbocycles. The van der Waals surface area contributed by atoms with Crippen LogP contribution in [0.15, 0.2) is 41.1 Å². The normalized spacial score (nSPS) is 11.0. The molecule has 2 aromatic heterocycles. The number of rotatable bonds is 5. The monoisotopic (exact) mass is 287 g/mol. The van der Waals surface area contributed by atoms with Crippen LogP contribution in [0.4, 0.5) is 4.39 Å². The van der Waals surface area contributed by atoms with Crippen molar-refractivity contribution in [3.63, 3.8) is 0 Å². The van der Waals surface area contributed by atoms with E-state index in [9.17, 15) is 4.39 Å². The quantitative estimate of drug-likeness (QED) is 0.771. The van der Waals surface area contributed by atoms with Gasteiger partial charge in [0.1, 0.15) is 17.8 Å². The number of benzene rings is 1. The molecule has 0 saturated heterocycles. The van der Waals surface area contributed by atoms with Gasteiger partial charge in [-0.05, 0) is 30.8 Å². The lowest BCUT2D eigenvalue weighted by atomic mass is 10.2. The topological polar surface area (TPSA) is 82.8 Å². The van der Waals surface area contributed by atoms with Gasteiger partial charge in [0.05, 0.1) is 12.2 Å². The molecule has 0 amide bonds. The fourth-order valence-corrected chi connectivity index (χ4v) is 1.95. The molecular weight excluding hydrogens is 273 g/mol. The molecule has 0 aliphatic heterocycles. The first-order valence-electron chi connectivity index (χ1n) is 6.54. The summed E-state index contributed by atoms with van der Waals surface area (Å²) in [4.78, 5) is 4.36. The Labute approximate surface area is 120 Å². The van der Waals surface area contributed by atoms with Crippen molar-refractivity contribution in [1.29, 1.82) is 0 Å². The van der Waals surface area contributed by atoms with Crippen molar-refractivity contribution in [2.45, 2.75) is 13.0 Å². The number of hydrogen-bond acceptors (Lipinski definition) is 5. The van der Waals surface area contributed by atoms with Crippen LogP contribution in [0.3, 0.4) is 0 Å². The Bertz CT molecular complexity index is 719. The van der Waals surface area contributed by atoms with Gasteiger partial charge in [-0.2, -0.15) is 0 Å². The van der Waals surface area contributed by atoms with E-state index < -0.39 is 0 Å². The van der Waals surface area contributed by atoms with E-state index in [4.69, 9.17) is 10.2 Å². The van der Waals surface area contributed by atoms with E-state index in [-0.39, 0.29) is 5.82 Å². The maximum absolute atomic E-state index is 12.9. The predicted octanol–water partition coefficient (Wildman–Crippen LogP) is 1.62. The molecule has 0 aliphatic rings. The minimum Gasteiger partial charge on any atom is -0.444 e. The number of hydrogen-bond donors (Lipinski definition) is 1. The first-order valence-corrected chi connectivity index (χ1v) is 6.54. The zero-order valence-corrected chi connectivity index (χ0v) is 11.2. The van der Waals surface area contributed by atoms with Crippen molar-refractivity contribution in [2.24, 2.45) is 5.73 Å². The third kappa shape index (κ3) is 3.14. The zero-order valence-electron chi connectivity index (χ0n) is 11.2. The van der Waals surface area contributed by atoms with Crippen LogP contribution in [-0.4, -0.2) is 26.5 Å². The lowest BCUT2D eigenvalue weighted by molar-refractivity contribution is 0.567. The van der Waals surface area contributed by atoms with Crippen LogP contribution >= 0.6 is 0 Å². The molecule has 0 radical (unpaired) electrons. The largest absolute Gasteiger partial charge is 0.444 e. The van der Waals surface area contributed by atoms with Gasteiger partial charge in [0, 0.05) is 18.2 Å². The van der Waals surface area contributed by atoms with Gasteiger partial charge in [0.15, 0.2) is 0 Å². The SMILES string of the molecule is NCCc1cn(Cc2coc(-c3ccc(F)cc3)n2)nn1. The van der Waals surface area contributed by atoms with Crippen LogP contribution in [0.25, 0.3) is 11.5 Å². The Hall–Kier alpha value is -2.54. The summed E-state index contributed by atoms with van der Waals surface area (Å²) in [7, 11) is 0. The molecule has 3 aromatic rings. The highest BCUT2D eigenvalue weighted by Crippen LogP contribution is 2.19.